The first-order valence-corrected chi connectivity index (χ1v) is 9.35. The van der Waals surface area contributed by atoms with Gasteiger partial charge in [-0.25, -0.2) is 0 Å². The Labute approximate surface area is 165 Å². The van der Waals surface area contributed by atoms with Crippen LogP contribution in [0.15, 0.2) is 72.8 Å². The molecule has 4 heteroatoms. The third-order valence-corrected chi connectivity index (χ3v) is 4.65. The third kappa shape index (κ3) is 4.29. The van der Waals surface area contributed by atoms with E-state index in [0.717, 1.165) is 22.5 Å². The van der Waals surface area contributed by atoms with Gasteiger partial charge in [-0.05, 0) is 68.8 Å². The van der Waals surface area contributed by atoms with Crippen LogP contribution in [0.5, 0.6) is 0 Å². The average Bonchev–Trinajstić information content (AvgIpc) is 2.71. The van der Waals surface area contributed by atoms with Gasteiger partial charge in [0.2, 0.25) is 0 Å². The minimum Gasteiger partial charge on any atom is -0.322 e. The van der Waals surface area contributed by atoms with Crippen molar-refractivity contribution in [2.75, 3.05) is 16.8 Å². The molecule has 0 heterocycles. The summed E-state index contributed by atoms with van der Waals surface area (Å²) in [5.41, 5.74) is 4.87. The minimum absolute atomic E-state index is 0.0879. The number of hydrogen-bond acceptors (Lipinski definition) is 2. The van der Waals surface area contributed by atoms with Gasteiger partial charge in [-0.1, -0.05) is 35.9 Å². The van der Waals surface area contributed by atoms with Gasteiger partial charge in [0.25, 0.3) is 11.8 Å². The summed E-state index contributed by atoms with van der Waals surface area (Å²) >= 11 is 0. The fraction of sp³-hybridized carbons (Fsp3) is 0.167. The summed E-state index contributed by atoms with van der Waals surface area (Å²) in [4.78, 5) is 27.1. The molecule has 0 bridgehead atoms. The van der Waals surface area contributed by atoms with E-state index in [2.05, 4.69) is 5.32 Å². The predicted octanol–water partition coefficient (Wildman–Crippen LogP) is 5.22. The minimum atomic E-state index is -0.193. The van der Waals surface area contributed by atoms with E-state index in [1.54, 1.807) is 29.2 Å². The Hall–Kier alpha value is -3.40. The largest absolute Gasteiger partial charge is 0.322 e. The molecule has 28 heavy (non-hydrogen) atoms. The van der Waals surface area contributed by atoms with Crippen molar-refractivity contribution in [2.45, 2.75) is 20.8 Å². The maximum absolute atomic E-state index is 12.9. The zero-order valence-electron chi connectivity index (χ0n) is 16.4. The summed E-state index contributed by atoms with van der Waals surface area (Å²) in [6.07, 6.45) is 0. The second kappa shape index (κ2) is 8.53. The molecule has 0 saturated heterocycles. The van der Waals surface area contributed by atoms with E-state index in [1.807, 2.05) is 69.3 Å². The lowest BCUT2D eigenvalue weighted by Crippen LogP contribution is -2.30. The number of amides is 2. The number of carbonyl (C=O) groups is 2. The van der Waals surface area contributed by atoms with Crippen molar-refractivity contribution in [3.8, 4) is 0 Å². The van der Waals surface area contributed by atoms with Crippen LogP contribution in [-0.2, 0) is 0 Å². The molecule has 0 radical (unpaired) electrons. The number of nitrogens with one attached hydrogen (secondary N) is 1. The van der Waals surface area contributed by atoms with Gasteiger partial charge in [0.05, 0.1) is 0 Å². The molecule has 0 aromatic heterocycles. The van der Waals surface area contributed by atoms with E-state index < -0.39 is 0 Å². The lowest BCUT2D eigenvalue weighted by molar-refractivity contribution is 0.0985. The molecule has 0 spiro atoms. The highest BCUT2D eigenvalue weighted by atomic mass is 16.2. The van der Waals surface area contributed by atoms with Crippen molar-refractivity contribution in [2.24, 2.45) is 0 Å². The van der Waals surface area contributed by atoms with Gasteiger partial charge in [-0.15, -0.1) is 0 Å². The van der Waals surface area contributed by atoms with Gasteiger partial charge < -0.3 is 10.2 Å². The van der Waals surface area contributed by atoms with Crippen LogP contribution in [0, 0.1) is 13.8 Å². The number of rotatable bonds is 5. The van der Waals surface area contributed by atoms with E-state index >= 15 is 0 Å². The molecule has 0 aliphatic rings. The summed E-state index contributed by atoms with van der Waals surface area (Å²) in [5, 5.41) is 2.93. The Morgan fingerprint density at radius 1 is 0.857 bits per heavy atom. The van der Waals surface area contributed by atoms with Crippen molar-refractivity contribution < 1.29 is 9.59 Å². The van der Waals surface area contributed by atoms with Crippen molar-refractivity contribution in [3.63, 3.8) is 0 Å². The molecule has 4 nitrogen and oxygen atoms in total. The molecule has 2 amide bonds. The predicted molar refractivity (Wildman–Crippen MR) is 114 cm³/mol. The molecule has 1 N–H and O–H groups in total. The maximum Gasteiger partial charge on any atom is 0.258 e. The van der Waals surface area contributed by atoms with Crippen LogP contribution in [0.1, 0.15) is 38.8 Å². The smallest absolute Gasteiger partial charge is 0.258 e. The Morgan fingerprint density at radius 3 is 2.11 bits per heavy atom. The number of nitrogens with zero attached hydrogens (tertiary/aromatic N) is 1. The van der Waals surface area contributed by atoms with E-state index in [4.69, 9.17) is 0 Å². The Balaban J connectivity index is 1.75. The van der Waals surface area contributed by atoms with E-state index in [1.165, 1.54) is 0 Å². The SMILES string of the molecule is CCN(C(=O)c1ccc(C(=O)Nc2ccc(C)cc2C)cc1)c1ccccc1. The van der Waals surface area contributed by atoms with Crippen LogP contribution >= 0.6 is 0 Å². The molecule has 0 saturated carbocycles. The number of hydrogen-bond donors (Lipinski definition) is 1. The van der Waals surface area contributed by atoms with Crippen molar-refractivity contribution in [1.82, 2.24) is 0 Å². The molecule has 3 aromatic carbocycles. The standard InChI is InChI=1S/C24H24N2O2/c1-4-26(21-8-6-5-7-9-21)24(28)20-13-11-19(12-14-20)23(27)25-22-15-10-17(2)16-18(22)3/h5-16H,4H2,1-3H3,(H,25,27). The van der Waals surface area contributed by atoms with Crippen LogP contribution in [0.25, 0.3) is 0 Å². The van der Waals surface area contributed by atoms with Crippen molar-refractivity contribution in [3.05, 3.63) is 95.1 Å². The normalized spacial score (nSPS) is 10.4. The molecule has 0 unspecified atom stereocenters. The zero-order chi connectivity index (χ0) is 20.1. The highest BCUT2D eigenvalue weighted by Gasteiger charge is 2.16. The molecule has 0 aliphatic carbocycles. The maximum atomic E-state index is 12.9. The van der Waals surface area contributed by atoms with Crippen LogP contribution in [-0.4, -0.2) is 18.4 Å². The first-order chi connectivity index (χ1) is 13.5. The van der Waals surface area contributed by atoms with Gasteiger partial charge in [0.15, 0.2) is 0 Å². The van der Waals surface area contributed by atoms with Crippen LogP contribution in [0.3, 0.4) is 0 Å². The van der Waals surface area contributed by atoms with E-state index in [-0.39, 0.29) is 11.8 Å². The highest BCUT2D eigenvalue weighted by molar-refractivity contribution is 6.08. The van der Waals surface area contributed by atoms with Gasteiger partial charge in [0.1, 0.15) is 0 Å². The van der Waals surface area contributed by atoms with Crippen LogP contribution < -0.4 is 10.2 Å². The Kier molecular flexibility index (Phi) is 5.90. The zero-order valence-corrected chi connectivity index (χ0v) is 16.4. The summed E-state index contributed by atoms with van der Waals surface area (Å²) in [6, 6.07) is 22.2. The lowest BCUT2D eigenvalue weighted by atomic mass is 10.1. The number of carbonyl (C=O) groups excluding carboxylic acids is 2. The summed E-state index contributed by atoms with van der Waals surface area (Å²) in [5.74, 6) is -0.281. The average molecular weight is 372 g/mol. The number of anilines is 2. The second-order valence-corrected chi connectivity index (χ2v) is 6.73. The van der Waals surface area contributed by atoms with Crippen molar-refractivity contribution in [1.29, 1.82) is 0 Å². The van der Waals surface area contributed by atoms with Crippen LogP contribution in [0.2, 0.25) is 0 Å². The van der Waals surface area contributed by atoms with Crippen molar-refractivity contribution >= 4 is 23.2 Å². The van der Waals surface area contributed by atoms with Gasteiger partial charge >= 0.3 is 0 Å². The molecule has 0 fully saturated rings. The molecular weight excluding hydrogens is 348 g/mol. The Morgan fingerprint density at radius 2 is 1.50 bits per heavy atom. The summed E-state index contributed by atoms with van der Waals surface area (Å²) in [6.45, 7) is 6.49. The first kappa shape index (κ1) is 19.4. The molecular formula is C24H24N2O2. The third-order valence-electron chi connectivity index (χ3n) is 4.65. The fourth-order valence-corrected chi connectivity index (χ4v) is 3.12. The molecule has 0 atom stereocenters. The monoisotopic (exact) mass is 372 g/mol. The summed E-state index contributed by atoms with van der Waals surface area (Å²) in [7, 11) is 0. The molecule has 3 aromatic rings. The highest BCUT2D eigenvalue weighted by Crippen LogP contribution is 2.19. The topological polar surface area (TPSA) is 49.4 Å². The van der Waals surface area contributed by atoms with Crippen LogP contribution in [0.4, 0.5) is 11.4 Å². The number of benzene rings is 3. The van der Waals surface area contributed by atoms with E-state index in [9.17, 15) is 9.59 Å². The van der Waals surface area contributed by atoms with Gasteiger partial charge in [0, 0.05) is 29.0 Å². The molecule has 3 rings (SSSR count). The quantitative estimate of drug-likeness (QED) is 0.667. The lowest BCUT2D eigenvalue weighted by Gasteiger charge is -2.21. The second-order valence-electron chi connectivity index (χ2n) is 6.73. The fourth-order valence-electron chi connectivity index (χ4n) is 3.12. The Bertz CT molecular complexity index is 979. The molecule has 142 valence electrons. The summed E-state index contributed by atoms with van der Waals surface area (Å²) < 4.78 is 0. The van der Waals surface area contributed by atoms with E-state index in [0.29, 0.717) is 17.7 Å². The number of aryl methyl sites for hydroxylation is 2. The van der Waals surface area contributed by atoms with Gasteiger partial charge in [-0.2, -0.15) is 0 Å². The molecule has 0 aliphatic heterocycles. The number of para-hydroxylation sites is 1. The first-order valence-electron chi connectivity index (χ1n) is 9.35. The van der Waals surface area contributed by atoms with Gasteiger partial charge in [-0.3, -0.25) is 9.59 Å².